The first-order chi connectivity index (χ1) is 13.6. The van der Waals surface area contributed by atoms with E-state index in [4.69, 9.17) is 4.74 Å². The first-order valence-electron chi connectivity index (χ1n) is 9.00. The number of ketones is 1. The lowest BCUT2D eigenvalue weighted by Crippen LogP contribution is -2.32. The fourth-order valence-corrected chi connectivity index (χ4v) is 3.90. The molecule has 2 aromatic carbocycles. The number of carbonyl (C=O) groups is 3. The van der Waals surface area contributed by atoms with Gasteiger partial charge in [-0.2, -0.15) is 0 Å². The molecule has 150 valence electrons. The summed E-state index contributed by atoms with van der Waals surface area (Å²) in [6.45, 7) is 5.73. The average Bonchev–Trinajstić information content (AvgIpc) is 2.95. The van der Waals surface area contributed by atoms with Crippen molar-refractivity contribution in [1.82, 2.24) is 5.32 Å². The van der Waals surface area contributed by atoms with E-state index >= 15 is 0 Å². The molecule has 1 amide bonds. The summed E-state index contributed by atoms with van der Waals surface area (Å²) in [4.78, 5) is 36.6. The van der Waals surface area contributed by atoms with E-state index in [-0.39, 0.29) is 11.3 Å². The van der Waals surface area contributed by atoms with Gasteiger partial charge in [-0.1, -0.05) is 42.1 Å². The lowest BCUT2D eigenvalue weighted by atomic mass is 10.1. The number of amides is 1. The van der Waals surface area contributed by atoms with Crippen molar-refractivity contribution in [2.75, 3.05) is 0 Å². The lowest BCUT2D eigenvalue weighted by Gasteiger charge is -2.19. The van der Waals surface area contributed by atoms with Crippen LogP contribution in [0.4, 0.5) is 4.79 Å². The lowest BCUT2D eigenvalue weighted by molar-refractivity contribution is 0.0522. The maximum atomic E-state index is 12.6. The van der Waals surface area contributed by atoms with E-state index in [0.29, 0.717) is 21.9 Å². The van der Waals surface area contributed by atoms with Crippen LogP contribution in [0.1, 0.15) is 52.6 Å². The second-order valence-electron chi connectivity index (χ2n) is 7.52. The van der Waals surface area contributed by atoms with Gasteiger partial charge in [-0.15, -0.1) is 0 Å². The van der Waals surface area contributed by atoms with Crippen LogP contribution in [0.15, 0.2) is 52.3 Å². The van der Waals surface area contributed by atoms with Crippen molar-refractivity contribution in [3.63, 3.8) is 0 Å². The predicted molar refractivity (Wildman–Crippen MR) is 111 cm³/mol. The molecule has 0 bridgehead atoms. The highest BCUT2D eigenvalue weighted by Crippen LogP contribution is 2.42. The quantitative estimate of drug-likeness (QED) is 0.706. The molecule has 2 aromatic rings. The molecule has 29 heavy (non-hydrogen) atoms. The fraction of sp³-hybridized carbons (Fsp3) is 0.227. The van der Waals surface area contributed by atoms with Crippen molar-refractivity contribution in [2.45, 2.75) is 37.8 Å². The van der Waals surface area contributed by atoms with Crippen LogP contribution in [-0.2, 0) is 11.3 Å². The number of thioether (sulfide) groups is 1. The van der Waals surface area contributed by atoms with Crippen molar-refractivity contribution in [1.29, 1.82) is 0 Å². The Hall–Kier alpha value is -3.06. The number of alkyl carbamates (subject to hydrolysis) is 1. The van der Waals surface area contributed by atoms with Crippen LogP contribution in [0.25, 0.3) is 6.08 Å². The molecule has 0 atom stereocenters. The standard InChI is InChI=1S/C22H21NO5S/c1-22(2,3)28-21(27)23-12-14-9-7-13(8-10-14)11-17-18(24)15-5-4-6-16(20(25)26)19(15)29-17/h4-11H,12H2,1-3H3,(H,23,27)(H,25,26)/b17-11-. The van der Waals surface area contributed by atoms with Crippen LogP contribution in [-0.4, -0.2) is 28.6 Å². The second kappa shape index (κ2) is 8.13. The Labute approximate surface area is 173 Å². The number of Topliss-reactive ketones (excluding diaryl/α,β-unsaturated/α-hetero) is 1. The van der Waals surface area contributed by atoms with E-state index in [1.165, 1.54) is 17.8 Å². The highest BCUT2D eigenvalue weighted by atomic mass is 32.2. The van der Waals surface area contributed by atoms with Gasteiger partial charge in [-0.3, -0.25) is 4.79 Å². The first kappa shape index (κ1) is 20.7. The number of fused-ring (bicyclic) bond motifs is 1. The van der Waals surface area contributed by atoms with Gasteiger partial charge in [0.15, 0.2) is 0 Å². The SMILES string of the molecule is CC(C)(C)OC(=O)NCc1ccc(/C=C2\Sc3c(C(=O)O)cccc3C2=O)cc1. The number of carboxylic acids is 1. The second-order valence-corrected chi connectivity index (χ2v) is 8.58. The van der Waals surface area contributed by atoms with Gasteiger partial charge in [-0.05, 0) is 50.1 Å². The zero-order valence-corrected chi connectivity index (χ0v) is 17.1. The molecule has 1 aliphatic rings. The van der Waals surface area contributed by atoms with Crippen molar-refractivity contribution in [3.8, 4) is 0 Å². The van der Waals surface area contributed by atoms with Crippen molar-refractivity contribution in [3.05, 3.63) is 69.6 Å². The number of hydrogen-bond donors (Lipinski definition) is 2. The molecule has 0 radical (unpaired) electrons. The van der Waals surface area contributed by atoms with Gasteiger partial charge in [0.05, 0.1) is 10.5 Å². The summed E-state index contributed by atoms with van der Waals surface area (Å²) in [5, 5.41) is 12.0. The van der Waals surface area contributed by atoms with Gasteiger partial charge in [0.1, 0.15) is 5.60 Å². The molecule has 1 aliphatic heterocycles. The molecule has 0 saturated heterocycles. The zero-order chi connectivity index (χ0) is 21.2. The monoisotopic (exact) mass is 411 g/mol. The van der Waals surface area contributed by atoms with Gasteiger partial charge in [0.25, 0.3) is 0 Å². The highest BCUT2D eigenvalue weighted by Gasteiger charge is 2.29. The van der Waals surface area contributed by atoms with E-state index in [1.807, 2.05) is 24.3 Å². The van der Waals surface area contributed by atoms with Crippen LogP contribution < -0.4 is 5.32 Å². The van der Waals surface area contributed by atoms with Crippen molar-refractivity contribution >= 4 is 35.7 Å². The van der Waals surface area contributed by atoms with E-state index in [0.717, 1.165) is 11.1 Å². The van der Waals surface area contributed by atoms with E-state index in [9.17, 15) is 19.5 Å². The zero-order valence-electron chi connectivity index (χ0n) is 16.3. The van der Waals surface area contributed by atoms with Gasteiger partial charge in [0.2, 0.25) is 5.78 Å². The molecule has 0 spiro atoms. The number of hydrogen-bond acceptors (Lipinski definition) is 5. The summed E-state index contributed by atoms with van der Waals surface area (Å²) < 4.78 is 5.20. The predicted octanol–water partition coefficient (Wildman–Crippen LogP) is 4.74. The largest absolute Gasteiger partial charge is 0.478 e. The summed E-state index contributed by atoms with van der Waals surface area (Å²) >= 11 is 1.17. The van der Waals surface area contributed by atoms with Crippen LogP contribution in [0, 0.1) is 0 Å². The third-order valence-electron chi connectivity index (χ3n) is 4.04. The van der Waals surface area contributed by atoms with Gasteiger partial charge in [0, 0.05) is 17.0 Å². The number of aromatic carboxylic acids is 1. The van der Waals surface area contributed by atoms with Crippen molar-refractivity contribution in [2.24, 2.45) is 0 Å². The Kier molecular flexibility index (Phi) is 5.79. The van der Waals surface area contributed by atoms with Crippen molar-refractivity contribution < 1.29 is 24.2 Å². The number of benzene rings is 2. The third kappa shape index (κ3) is 5.06. The van der Waals surface area contributed by atoms with Gasteiger partial charge < -0.3 is 15.2 Å². The Morgan fingerprint density at radius 3 is 2.45 bits per heavy atom. The molecular weight excluding hydrogens is 390 g/mol. The average molecular weight is 411 g/mol. The third-order valence-corrected chi connectivity index (χ3v) is 5.21. The number of carboxylic acid groups (broad SMARTS) is 1. The molecule has 1 heterocycles. The molecule has 0 fully saturated rings. The van der Waals surface area contributed by atoms with Crippen LogP contribution >= 0.6 is 11.8 Å². The molecule has 3 rings (SSSR count). The minimum atomic E-state index is -1.05. The first-order valence-corrected chi connectivity index (χ1v) is 9.82. The Bertz CT molecular complexity index is 1000. The minimum Gasteiger partial charge on any atom is -0.478 e. The Morgan fingerprint density at radius 2 is 1.83 bits per heavy atom. The van der Waals surface area contributed by atoms with Crippen LogP contribution in [0.3, 0.4) is 0 Å². The van der Waals surface area contributed by atoms with E-state index in [2.05, 4.69) is 5.32 Å². The molecule has 0 aromatic heterocycles. The summed E-state index contributed by atoms with van der Waals surface area (Å²) in [6, 6.07) is 12.1. The van der Waals surface area contributed by atoms with Crippen LogP contribution in [0.2, 0.25) is 0 Å². The highest BCUT2D eigenvalue weighted by molar-refractivity contribution is 8.05. The summed E-state index contributed by atoms with van der Waals surface area (Å²) in [5.74, 6) is -1.23. The van der Waals surface area contributed by atoms with E-state index < -0.39 is 17.7 Å². The molecule has 6 nitrogen and oxygen atoms in total. The topological polar surface area (TPSA) is 92.7 Å². The maximum Gasteiger partial charge on any atom is 0.407 e. The van der Waals surface area contributed by atoms with Gasteiger partial charge >= 0.3 is 12.1 Å². The molecule has 0 unspecified atom stereocenters. The summed E-state index contributed by atoms with van der Waals surface area (Å²) in [6.07, 6.45) is 1.26. The number of ether oxygens (including phenoxy) is 1. The maximum absolute atomic E-state index is 12.6. The molecule has 2 N–H and O–H groups in total. The molecule has 0 saturated carbocycles. The number of allylic oxidation sites excluding steroid dienone is 1. The normalized spacial score (nSPS) is 14.6. The number of carbonyl (C=O) groups excluding carboxylic acids is 2. The molecule has 0 aliphatic carbocycles. The number of nitrogens with one attached hydrogen (secondary N) is 1. The molecule has 7 heteroatoms. The summed E-state index contributed by atoms with van der Waals surface area (Å²) in [5.41, 5.74) is 1.70. The minimum absolute atomic E-state index is 0.132. The number of rotatable bonds is 4. The summed E-state index contributed by atoms with van der Waals surface area (Å²) in [7, 11) is 0. The van der Waals surface area contributed by atoms with Crippen LogP contribution in [0.5, 0.6) is 0 Å². The smallest absolute Gasteiger partial charge is 0.407 e. The fourth-order valence-electron chi connectivity index (χ4n) is 2.75. The molecular formula is C22H21NO5S. The van der Waals surface area contributed by atoms with Gasteiger partial charge in [-0.25, -0.2) is 9.59 Å². The Balaban J connectivity index is 1.69. The van der Waals surface area contributed by atoms with E-state index in [1.54, 1.807) is 39.0 Å². The Morgan fingerprint density at radius 1 is 1.14 bits per heavy atom.